The number of aryl methyl sites for hydroxylation is 1. The highest BCUT2D eigenvalue weighted by atomic mass is 16.6. The van der Waals surface area contributed by atoms with Gasteiger partial charge in [-0.3, -0.25) is 24.4 Å². The molecule has 0 saturated heterocycles. The van der Waals surface area contributed by atoms with E-state index >= 15 is 0 Å². The number of amides is 1. The van der Waals surface area contributed by atoms with Gasteiger partial charge in [0.25, 0.3) is 0 Å². The molecule has 1 amide bonds. The molecular weight excluding hydrogens is 324 g/mol. The van der Waals surface area contributed by atoms with Crippen LogP contribution in [0.1, 0.15) is 35.6 Å². The number of carbonyl (C=O) groups is 2. The summed E-state index contributed by atoms with van der Waals surface area (Å²) in [5.41, 5.74) is 1.89. The van der Waals surface area contributed by atoms with Crippen molar-refractivity contribution in [3.63, 3.8) is 0 Å². The van der Waals surface area contributed by atoms with Crippen LogP contribution in [0.2, 0.25) is 0 Å². The van der Waals surface area contributed by atoms with Crippen molar-refractivity contribution in [1.29, 1.82) is 0 Å². The van der Waals surface area contributed by atoms with Gasteiger partial charge in [-0.1, -0.05) is 6.92 Å². The zero-order valence-electron chi connectivity index (χ0n) is 14.6. The van der Waals surface area contributed by atoms with Gasteiger partial charge in [-0.25, -0.2) is 0 Å². The van der Waals surface area contributed by atoms with Gasteiger partial charge in [-0.05, 0) is 45.0 Å². The first-order chi connectivity index (χ1) is 11.7. The van der Waals surface area contributed by atoms with Gasteiger partial charge in [-0.2, -0.15) is 5.10 Å². The van der Waals surface area contributed by atoms with Crippen molar-refractivity contribution in [2.75, 3.05) is 5.32 Å². The van der Waals surface area contributed by atoms with E-state index in [1.807, 2.05) is 0 Å². The van der Waals surface area contributed by atoms with Gasteiger partial charge < -0.3 is 5.32 Å². The molecule has 0 aliphatic rings. The second-order valence-corrected chi connectivity index (χ2v) is 5.98. The third-order valence-electron chi connectivity index (χ3n) is 3.98. The number of nitrogens with zero attached hydrogens (tertiary/aromatic N) is 3. The van der Waals surface area contributed by atoms with Gasteiger partial charge in [0.15, 0.2) is 5.78 Å². The lowest BCUT2D eigenvalue weighted by Crippen LogP contribution is -2.25. The van der Waals surface area contributed by atoms with Crippen LogP contribution in [0.3, 0.4) is 0 Å². The molecule has 8 heteroatoms. The Morgan fingerprint density at radius 1 is 1.28 bits per heavy atom. The van der Waals surface area contributed by atoms with E-state index in [4.69, 9.17) is 0 Å². The van der Waals surface area contributed by atoms with Crippen LogP contribution in [-0.4, -0.2) is 26.4 Å². The first kappa shape index (κ1) is 18.3. The number of aromatic nitrogens is 2. The molecule has 0 aliphatic heterocycles. The first-order valence-corrected chi connectivity index (χ1v) is 7.81. The number of anilines is 1. The number of benzene rings is 1. The van der Waals surface area contributed by atoms with E-state index in [2.05, 4.69) is 10.4 Å². The molecule has 1 atom stereocenters. The fraction of sp³-hybridized carbons (Fsp3) is 0.353. The topological polar surface area (TPSA) is 107 Å². The quantitative estimate of drug-likeness (QED) is 0.492. The van der Waals surface area contributed by atoms with Crippen molar-refractivity contribution >= 4 is 23.1 Å². The Balaban J connectivity index is 2.07. The first-order valence-electron chi connectivity index (χ1n) is 7.81. The molecule has 0 radical (unpaired) electrons. The van der Waals surface area contributed by atoms with Crippen molar-refractivity contribution in [1.82, 2.24) is 9.78 Å². The van der Waals surface area contributed by atoms with Gasteiger partial charge in [0.1, 0.15) is 11.4 Å². The summed E-state index contributed by atoms with van der Waals surface area (Å²) in [4.78, 5) is 34.2. The maximum atomic E-state index is 12.3. The Morgan fingerprint density at radius 2 is 1.88 bits per heavy atom. The minimum Gasteiger partial charge on any atom is -0.326 e. The highest BCUT2D eigenvalue weighted by Crippen LogP contribution is 2.22. The Morgan fingerprint density at radius 3 is 2.36 bits per heavy atom. The largest absolute Gasteiger partial charge is 0.326 e. The Hall–Kier alpha value is -3.03. The van der Waals surface area contributed by atoms with Crippen molar-refractivity contribution < 1.29 is 14.5 Å². The molecule has 0 fully saturated rings. The van der Waals surface area contributed by atoms with Crippen LogP contribution in [0.5, 0.6) is 0 Å². The summed E-state index contributed by atoms with van der Waals surface area (Å²) >= 11 is 0. The summed E-state index contributed by atoms with van der Waals surface area (Å²) in [6.07, 6.45) is 0. The minimum absolute atomic E-state index is 0.0209. The number of nitro groups is 1. The molecule has 0 aliphatic carbocycles. The van der Waals surface area contributed by atoms with Gasteiger partial charge in [0, 0.05) is 11.3 Å². The smallest absolute Gasteiger partial charge is 0.312 e. The summed E-state index contributed by atoms with van der Waals surface area (Å²) < 4.78 is 1.48. The number of nitrogens with one attached hydrogen (secondary N) is 1. The molecule has 0 bridgehead atoms. The van der Waals surface area contributed by atoms with E-state index in [1.54, 1.807) is 45.0 Å². The minimum atomic E-state index is -0.463. The standard InChI is InChI=1S/C17H20N4O4/c1-10(9-20-12(3)16(21(24)25)11(2)19-20)17(23)18-15-7-5-14(6-8-15)13(4)22/h5-8,10H,9H2,1-4H3,(H,18,23). The molecule has 25 heavy (non-hydrogen) atoms. The molecule has 1 aromatic heterocycles. The van der Waals surface area contributed by atoms with E-state index in [-0.39, 0.29) is 23.9 Å². The third-order valence-corrected chi connectivity index (χ3v) is 3.98. The molecule has 0 spiro atoms. The molecule has 0 saturated carbocycles. The van der Waals surface area contributed by atoms with Crippen molar-refractivity contribution in [2.24, 2.45) is 5.92 Å². The highest BCUT2D eigenvalue weighted by Gasteiger charge is 2.24. The third kappa shape index (κ3) is 4.09. The lowest BCUT2D eigenvalue weighted by molar-refractivity contribution is -0.386. The molecule has 2 rings (SSSR count). The number of rotatable bonds is 6. The van der Waals surface area contributed by atoms with Crippen molar-refractivity contribution in [2.45, 2.75) is 34.2 Å². The van der Waals surface area contributed by atoms with E-state index in [0.717, 1.165) is 0 Å². The zero-order valence-corrected chi connectivity index (χ0v) is 14.6. The number of hydrogen-bond acceptors (Lipinski definition) is 5. The second-order valence-electron chi connectivity index (χ2n) is 5.98. The van der Waals surface area contributed by atoms with Gasteiger partial charge >= 0.3 is 5.69 Å². The summed E-state index contributed by atoms with van der Waals surface area (Å²) in [6.45, 7) is 6.62. The molecule has 1 heterocycles. The molecule has 2 aromatic rings. The normalized spacial score (nSPS) is 11.8. The number of ketones is 1. The number of carbonyl (C=O) groups excluding carboxylic acids is 2. The summed E-state index contributed by atoms with van der Waals surface area (Å²) in [6, 6.07) is 6.62. The van der Waals surface area contributed by atoms with Crippen LogP contribution in [0.4, 0.5) is 11.4 Å². The van der Waals surface area contributed by atoms with Crippen molar-refractivity contribution in [3.05, 3.63) is 51.3 Å². The van der Waals surface area contributed by atoms with Gasteiger partial charge in [0.2, 0.25) is 5.91 Å². The fourth-order valence-corrected chi connectivity index (χ4v) is 2.53. The van der Waals surface area contributed by atoms with Crippen LogP contribution in [-0.2, 0) is 11.3 Å². The van der Waals surface area contributed by atoms with Crippen LogP contribution in [0, 0.1) is 29.9 Å². The summed E-state index contributed by atoms with van der Waals surface area (Å²) in [5, 5.41) is 18.0. The predicted molar refractivity (Wildman–Crippen MR) is 92.6 cm³/mol. The van der Waals surface area contributed by atoms with E-state index in [9.17, 15) is 19.7 Å². The molecule has 8 nitrogen and oxygen atoms in total. The van der Waals surface area contributed by atoms with Gasteiger partial charge in [0.05, 0.1) is 17.4 Å². The monoisotopic (exact) mass is 344 g/mol. The van der Waals surface area contributed by atoms with E-state index < -0.39 is 10.8 Å². The number of Topliss-reactive ketones (excluding diaryl/α,β-unsaturated/α-hetero) is 1. The molecule has 1 N–H and O–H groups in total. The molecule has 132 valence electrons. The van der Waals surface area contributed by atoms with Crippen LogP contribution >= 0.6 is 0 Å². The molecule has 1 unspecified atom stereocenters. The van der Waals surface area contributed by atoms with E-state index in [0.29, 0.717) is 22.6 Å². The average molecular weight is 344 g/mol. The van der Waals surface area contributed by atoms with Gasteiger partial charge in [-0.15, -0.1) is 0 Å². The number of hydrogen-bond donors (Lipinski definition) is 1. The summed E-state index contributed by atoms with van der Waals surface area (Å²) in [5.74, 6) is -0.715. The second kappa shape index (κ2) is 7.25. The Bertz CT molecular complexity index is 824. The SMILES string of the molecule is CC(=O)c1ccc(NC(=O)C(C)Cn2nc(C)c([N+](=O)[O-])c2C)cc1. The van der Waals surface area contributed by atoms with Crippen LogP contribution in [0.25, 0.3) is 0 Å². The predicted octanol–water partition coefficient (Wildman–Crippen LogP) is 2.89. The Kier molecular flexibility index (Phi) is 5.31. The fourth-order valence-electron chi connectivity index (χ4n) is 2.53. The average Bonchev–Trinajstić information content (AvgIpc) is 2.81. The Labute approximate surface area is 145 Å². The lowest BCUT2D eigenvalue weighted by atomic mass is 10.1. The molecule has 1 aromatic carbocycles. The highest BCUT2D eigenvalue weighted by molar-refractivity contribution is 5.96. The summed E-state index contributed by atoms with van der Waals surface area (Å²) in [7, 11) is 0. The van der Waals surface area contributed by atoms with Crippen LogP contribution in [0.15, 0.2) is 24.3 Å². The van der Waals surface area contributed by atoms with E-state index in [1.165, 1.54) is 11.6 Å². The van der Waals surface area contributed by atoms with Crippen LogP contribution < -0.4 is 5.32 Å². The van der Waals surface area contributed by atoms with Crippen molar-refractivity contribution in [3.8, 4) is 0 Å². The zero-order chi connectivity index (χ0) is 18.7. The maximum Gasteiger partial charge on any atom is 0.312 e. The maximum absolute atomic E-state index is 12.3. The molecular formula is C17H20N4O4. The lowest BCUT2D eigenvalue weighted by Gasteiger charge is -2.13.